The predicted octanol–water partition coefficient (Wildman–Crippen LogP) is 2.95. The monoisotopic (exact) mass is 316 g/mol. The van der Waals surface area contributed by atoms with Crippen LogP contribution in [0.25, 0.3) is 0 Å². The molecule has 0 aliphatic carbocycles. The molecule has 0 unspecified atom stereocenters. The van der Waals surface area contributed by atoms with Crippen molar-refractivity contribution < 1.29 is 15.3 Å². The van der Waals surface area contributed by atoms with Crippen molar-refractivity contribution in [3.63, 3.8) is 0 Å². The minimum Gasteiger partial charge on any atom is -0.396 e. The Hall–Kier alpha value is -1.68. The first-order chi connectivity index (χ1) is 11.1. The van der Waals surface area contributed by atoms with Crippen LogP contribution in [0, 0.1) is 12.3 Å². The van der Waals surface area contributed by atoms with Crippen molar-refractivity contribution in [1.82, 2.24) is 0 Å². The molecule has 2 aromatic rings. The molecule has 3 nitrogen and oxygen atoms in total. The van der Waals surface area contributed by atoms with Gasteiger partial charge in [0.2, 0.25) is 0 Å². The van der Waals surface area contributed by atoms with E-state index in [0.717, 1.165) is 6.42 Å². The van der Waals surface area contributed by atoms with Crippen LogP contribution in [0.15, 0.2) is 54.6 Å². The summed E-state index contributed by atoms with van der Waals surface area (Å²) in [5, 5.41) is 26.0. The Labute approximate surface area is 139 Å². The Balaban J connectivity index is 0.000000257. The van der Waals surface area contributed by atoms with Crippen LogP contribution < -0.4 is 0 Å². The molecule has 0 heterocycles. The molecule has 0 atom stereocenters. The minimum atomic E-state index is -0.667. The number of aryl methyl sites for hydroxylation is 1. The molecular weight excluding hydrogens is 288 g/mol. The number of hydrogen-bond acceptors (Lipinski definition) is 3. The lowest BCUT2D eigenvalue weighted by atomic mass is 9.88. The highest BCUT2D eigenvalue weighted by atomic mass is 16.3. The molecule has 0 bridgehead atoms. The van der Waals surface area contributed by atoms with Crippen LogP contribution in [0.4, 0.5) is 0 Å². The van der Waals surface area contributed by atoms with Crippen LogP contribution >= 0.6 is 0 Å². The molecule has 0 radical (unpaired) electrons. The van der Waals surface area contributed by atoms with E-state index in [1.807, 2.05) is 6.92 Å². The molecule has 0 spiro atoms. The number of benzene rings is 2. The Morgan fingerprint density at radius 3 is 1.74 bits per heavy atom. The van der Waals surface area contributed by atoms with Gasteiger partial charge in [-0.1, -0.05) is 61.5 Å². The van der Waals surface area contributed by atoms with Crippen LogP contribution in [0.5, 0.6) is 0 Å². The van der Waals surface area contributed by atoms with Gasteiger partial charge in [0.25, 0.3) is 0 Å². The maximum absolute atomic E-state index is 8.66. The average molecular weight is 316 g/mol. The minimum absolute atomic E-state index is 0.156. The van der Waals surface area contributed by atoms with Gasteiger partial charge in [-0.3, -0.25) is 0 Å². The van der Waals surface area contributed by atoms with Crippen molar-refractivity contribution in [3.8, 4) is 0 Å². The highest BCUT2D eigenvalue weighted by Crippen LogP contribution is 2.18. The van der Waals surface area contributed by atoms with Gasteiger partial charge in [-0.05, 0) is 36.5 Å². The van der Waals surface area contributed by atoms with Crippen LogP contribution in [0.1, 0.15) is 30.0 Å². The molecule has 2 aromatic carbocycles. The Morgan fingerprint density at radius 2 is 1.30 bits per heavy atom. The van der Waals surface area contributed by atoms with Crippen LogP contribution in [0.3, 0.4) is 0 Å². The third-order valence-corrected chi connectivity index (χ3v) is 4.25. The number of hydrogen-bond donors (Lipinski definition) is 3. The van der Waals surface area contributed by atoms with Crippen LogP contribution in [-0.4, -0.2) is 35.1 Å². The molecule has 0 saturated heterocycles. The Bertz CT molecular complexity index is 530. The van der Waals surface area contributed by atoms with Crippen molar-refractivity contribution in [2.24, 2.45) is 5.41 Å². The van der Waals surface area contributed by atoms with Crippen molar-refractivity contribution in [2.75, 3.05) is 19.8 Å². The summed E-state index contributed by atoms with van der Waals surface area (Å²) in [4.78, 5) is 0. The average Bonchev–Trinajstić information content (AvgIpc) is 2.61. The van der Waals surface area contributed by atoms with Gasteiger partial charge in [0, 0.05) is 5.41 Å². The third kappa shape index (κ3) is 6.14. The maximum Gasteiger partial charge on any atom is 0.0531 e. The normalized spacial score (nSPS) is 10.8. The van der Waals surface area contributed by atoms with Gasteiger partial charge in [-0.25, -0.2) is 0 Å². The van der Waals surface area contributed by atoms with Crippen molar-refractivity contribution in [2.45, 2.75) is 26.7 Å². The number of aliphatic hydroxyl groups is 3. The predicted molar refractivity (Wildman–Crippen MR) is 94.4 cm³/mol. The lowest BCUT2D eigenvalue weighted by molar-refractivity contribution is 0.00304. The largest absolute Gasteiger partial charge is 0.396 e. The molecule has 126 valence electrons. The molecule has 3 heteroatoms. The van der Waals surface area contributed by atoms with Gasteiger partial charge in [0.15, 0.2) is 0 Å². The summed E-state index contributed by atoms with van der Waals surface area (Å²) >= 11 is 0. The second-order valence-corrected chi connectivity index (χ2v) is 5.92. The van der Waals surface area contributed by atoms with Gasteiger partial charge in [-0.15, -0.1) is 0 Å². The summed E-state index contributed by atoms with van der Waals surface area (Å²) in [5.74, 6) is 0. The molecule has 0 aliphatic heterocycles. The van der Waals surface area contributed by atoms with E-state index in [2.05, 4.69) is 61.5 Å². The maximum atomic E-state index is 8.66. The molecule has 2 rings (SSSR count). The van der Waals surface area contributed by atoms with E-state index in [4.69, 9.17) is 15.3 Å². The third-order valence-electron chi connectivity index (χ3n) is 4.25. The molecule has 0 saturated carbocycles. The fourth-order valence-corrected chi connectivity index (χ4v) is 2.11. The standard InChI is InChI=1S/C14H14.C6H14O3/c1-12-7-5-6-10-14(12)11-13-8-3-2-4-9-13;1-2-6(3-7,4-8)5-9/h2-10H,11H2,1H3;7-9H,2-5H2,1H3. The second kappa shape index (κ2) is 10.2. The Kier molecular flexibility index (Phi) is 8.56. The van der Waals surface area contributed by atoms with Gasteiger partial charge in [0.05, 0.1) is 19.8 Å². The smallest absolute Gasteiger partial charge is 0.0531 e. The highest BCUT2D eigenvalue weighted by Gasteiger charge is 2.24. The molecule has 0 aliphatic rings. The number of rotatable bonds is 6. The van der Waals surface area contributed by atoms with E-state index in [1.54, 1.807) is 0 Å². The summed E-state index contributed by atoms with van der Waals surface area (Å²) in [7, 11) is 0. The van der Waals surface area contributed by atoms with Crippen molar-refractivity contribution in [3.05, 3.63) is 71.3 Å². The number of aliphatic hydroxyl groups excluding tert-OH is 3. The lowest BCUT2D eigenvalue weighted by Crippen LogP contribution is -2.32. The zero-order valence-electron chi connectivity index (χ0n) is 14.1. The lowest BCUT2D eigenvalue weighted by Gasteiger charge is -2.24. The first-order valence-electron chi connectivity index (χ1n) is 8.02. The summed E-state index contributed by atoms with van der Waals surface area (Å²) < 4.78 is 0. The van der Waals surface area contributed by atoms with Crippen LogP contribution in [0.2, 0.25) is 0 Å². The molecule has 0 aromatic heterocycles. The summed E-state index contributed by atoms with van der Waals surface area (Å²) in [6.45, 7) is 3.52. The van der Waals surface area contributed by atoms with Crippen molar-refractivity contribution >= 4 is 0 Å². The van der Waals surface area contributed by atoms with Gasteiger partial charge < -0.3 is 15.3 Å². The van der Waals surface area contributed by atoms with E-state index < -0.39 is 5.41 Å². The second-order valence-electron chi connectivity index (χ2n) is 5.92. The topological polar surface area (TPSA) is 60.7 Å². The van der Waals surface area contributed by atoms with E-state index in [-0.39, 0.29) is 19.8 Å². The molecular formula is C20H28O3. The Morgan fingerprint density at radius 1 is 0.783 bits per heavy atom. The molecule has 0 fully saturated rings. The summed E-state index contributed by atoms with van der Waals surface area (Å²) in [6, 6.07) is 19.1. The van der Waals surface area contributed by atoms with Crippen molar-refractivity contribution in [1.29, 1.82) is 0 Å². The quantitative estimate of drug-likeness (QED) is 0.768. The van der Waals surface area contributed by atoms with Gasteiger partial charge >= 0.3 is 0 Å². The van der Waals surface area contributed by atoms with Gasteiger partial charge in [-0.2, -0.15) is 0 Å². The van der Waals surface area contributed by atoms with Crippen LogP contribution in [-0.2, 0) is 6.42 Å². The van der Waals surface area contributed by atoms with E-state index in [0.29, 0.717) is 6.42 Å². The molecule has 3 N–H and O–H groups in total. The zero-order valence-corrected chi connectivity index (χ0v) is 14.1. The highest BCUT2D eigenvalue weighted by molar-refractivity contribution is 5.31. The molecule has 0 amide bonds. The van der Waals surface area contributed by atoms with E-state index in [9.17, 15) is 0 Å². The van der Waals surface area contributed by atoms with E-state index in [1.165, 1.54) is 16.7 Å². The zero-order chi connectivity index (χ0) is 17.1. The fourth-order valence-electron chi connectivity index (χ4n) is 2.11. The van der Waals surface area contributed by atoms with E-state index >= 15 is 0 Å². The van der Waals surface area contributed by atoms with Gasteiger partial charge in [0.1, 0.15) is 0 Å². The molecule has 23 heavy (non-hydrogen) atoms. The summed E-state index contributed by atoms with van der Waals surface area (Å²) in [6.07, 6.45) is 1.63. The first kappa shape index (κ1) is 19.4. The fraction of sp³-hybridized carbons (Fsp3) is 0.400. The summed E-state index contributed by atoms with van der Waals surface area (Å²) in [5.41, 5.74) is 3.50. The SMILES string of the molecule is CCC(CO)(CO)CO.Cc1ccccc1Cc1ccccc1. The first-order valence-corrected chi connectivity index (χ1v) is 8.02.